The monoisotopic (exact) mass is 502 g/mol. The predicted molar refractivity (Wildman–Crippen MR) is 114 cm³/mol. The van der Waals surface area contributed by atoms with Gasteiger partial charge >= 0.3 is 0 Å². The first-order chi connectivity index (χ1) is 9.79. The SMILES string of the molecule is Nc1ccccc1.Nc1ccccc1.[CH3-].[CH3-].[CH3-].[CH3-].[Y].[Y].c1ccccc1. The summed E-state index contributed by atoms with van der Waals surface area (Å²) < 4.78 is 0. The molecule has 0 bridgehead atoms. The number of rotatable bonds is 0. The molecule has 0 unspecified atom stereocenters. The molecule has 2 radical (unpaired) electrons. The number of nitrogens with two attached hydrogens (primary N) is 2. The molecule has 0 saturated heterocycles. The number of anilines is 2. The van der Waals surface area contributed by atoms with Crippen LogP contribution in [0.1, 0.15) is 0 Å². The molecule has 140 valence electrons. The third-order valence-corrected chi connectivity index (χ3v) is 2.27. The van der Waals surface area contributed by atoms with E-state index in [0.29, 0.717) is 0 Å². The van der Waals surface area contributed by atoms with Gasteiger partial charge in [-0.15, -0.1) is 0 Å². The van der Waals surface area contributed by atoms with Crippen LogP contribution in [0.4, 0.5) is 11.4 Å². The van der Waals surface area contributed by atoms with E-state index >= 15 is 0 Å². The van der Waals surface area contributed by atoms with Gasteiger partial charge in [-0.1, -0.05) is 72.8 Å². The first-order valence-corrected chi connectivity index (χ1v) is 6.40. The summed E-state index contributed by atoms with van der Waals surface area (Å²) in [4.78, 5) is 0. The van der Waals surface area contributed by atoms with Crippen LogP contribution in [0.15, 0.2) is 97.1 Å². The first kappa shape index (κ1) is 40.2. The van der Waals surface area contributed by atoms with Gasteiger partial charge in [-0.05, 0) is 24.3 Å². The molecule has 0 aliphatic heterocycles. The summed E-state index contributed by atoms with van der Waals surface area (Å²) >= 11 is 0. The van der Waals surface area contributed by atoms with Crippen molar-refractivity contribution < 1.29 is 65.4 Å². The van der Waals surface area contributed by atoms with Gasteiger partial charge in [0, 0.05) is 76.8 Å². The second kappa shape index (κ2) is 29.2. The Balaban J connectivity index is -0.0000000518. The summed E-state index contributed by atoms with van der Waals surface area (Å²) in [5.41, 5.74) is 12.4. The van der Waals surface area contributed by atoms with Crippen molar-refractivity contribution in [3.8, 4) is 0 Å². The molecule has 4 N–H and O–H groups in total. The first-order valence-electron chi connectivity index (χ1n) is 6.40. The molecule has 3 aromatic carbocycles. The van der Waals surface area contributed by atoms with Crippen molar-refractivity contribution in [2.75, 3.05) is 11.5 Å². The van der Waals surface area contributed by atoms with Crippen LogP contribution in [0.2, 0.25) is 0 Å². The van der Waals surface area contributed by atoms with Gasteiger partial charge in [-0.25, -0.2) is 0 Å². The molecular weight excluding hydrogens is 470 g/mol. The topological polar surface area (TPSA) is 52.0 Å². The Labute approximate surface area is 212 Å². The third-order valence-electron chi connectivity index (χ3n) is 2.27. The van der Waals surface area contributed by atoms with Crippen molar-refractivity contribution >= 4 is 11.4 Å². The molecule has 0 amide bonds. The van der Waals surface area contributed by atoms with Crippen LogP contribution in [-0.2, 0) is 65.4 Å². The van der Waals surface area contributed by atoms with Crippen molar-refractivity contribution in [2.45, 2.75) is 0 Å². The van der Waals surface area contributed by atoms with E-state index in [9.17, 15) is 0 Å². The number of para-hydroxylation sites is 2. The zero-order chi connectivity index (χ0) is 14.5. The second-order valence-corrected chi connectivity index (χ2v) is 3.98. The van der Waals surface area contributed by atoms with Crippen LogP contribution in [-0.4, -0.2) is 0 Å². The number of nitrogen functional groups attached to an aromatic ring is 2. The van der Waals surface area contributed by atoms with E-state index in [1.807, 2.05) is 97.1 Å². The summed E-state index contributed by atoms with van der Waals surface area (Å²) in [5, 5.41) is 0. The average Bonchev–Trinajstić information content (AvgIpc) is 2.52. The molecule has 0 spiro atoms. The van der Waals surface area contributed by atoms with Crippen LogP contribution < -0.4 is 11.5 Å². The van der Waals surface area contributed by atoms with Gasteiger partial charge in [0.15, 0.2) is 0 Å². The van der Waals surface area contributed by atoms with Gasteiger partial charge in [0.1, 0.15) is 0 Å². The minimum Gasteiger partial charge on any atom is -0.399 e. The fourth-order valence-electron chi connectivity index (χ4n) is 1.29. The number of hydrogen-bond donors (Lipinski definition) is 2. The van der Waals surface area contributed by atoms with E-state index in [1.165, 1.54) is 0 Å². The van der Waals surface area contributed by atoms with Gasteiger partial charge in [-0.2, -0.15) is 0 Å². The Morgan fingerprint density at radius 3 is 0.615 bits per heavy atom. The molecular formula is C22H32N2Y2-4. The predicted octanol–water partition coefficient (Wildman–Crippen LogP) is 6.02. The second-order valence-electron chi connectivity index (χ2n) is 3.98. The zero-order valence-corrected chi connectivity index (χ0v) is 22.2. The molecule has 3 rings (SSSR count). The molecule has 0 aliphatic carbocycles. The third kappa shape index (κ3) is 25.7. The van der Waals surface area contributed by atoms with Gasteiger partial charge < -0.3 is 41.2 Å². The maximum absolute atomic E-state index is 5.36. The van der Waals surface area contributed by atoms with Gasteiger partial charge in [0.05, 0.1) is 0 Å². The Morgan fingerprint density at radius 1 is 0.346 bits per heavy atom. The molecule has 0 fully saturated rings. The molecule has 26 heavy (non-hydrogen) atoms. The summed E-state index contributed by atoms with van der Waals surface area (Å²) in [6.07, 6.45) is 0. The average molecular weight is 502 g/mol. The van der Waals surface area contributed by atoms with Crippen LogP contribution in [0, 0.1) is 29.7 Å². The molecule has 0 saturated carbocycles. The quantitative estimate of drug-likeness (QED) is 0.292. The maximum Gasteiger partial charge on any atom is 0.0313 e. The van der Waals surface area contributed by atoms with E-state index < -0.39 is 0 Å². The normalized spacial score (nSPS) is 6.46. The standard InChI is InChI=1S/2C6H7N.C6H6.4CH3.2Y/c2*7-6-4-2-1-3-5-6;1-2-4-6-5-3-1;;;;;;/h2*1-5H,7H2;1-6H;4*1H3;;/q;;;4*-1;;. The van der Waals surface area contributed by atoms with Gasteiger partial charge in [-0.3, -0.25) is 0 Å². The Bertz CT molecular complexity index is 483. The van der Waals surface area contributed by atoms with Crippen molar-refractivity contribution in [2.24, 2.45) is 0 Å². The van der Waals surface area contributed by atoms with Crippen LogP contribution >= 0.6 is 0 Å². The smallest absolute Gasteiger partial charge is 0.0313 e. The van der Waals surface area contributed by atoms with Crippen molar-refractivity contribution in [3.05, 3.63) is 127 Å². The summed E-state index contributed by atoms with van der Waals surface area (Å²) in [6, 6.07) is 31.0. The maximum atomic E-state index is 5.36. The largest absolute Gasteiger partial charge is 0.399 e. The fraction of sp³-hybridized carbons (Fsp3) is 0. The van der Waals surface area contributed by atoms with Crippen molar-refractivity contribution in [3.63, 3.8) is 0 Å². The molecule has 3 aromatic rings. The van der Waals surface area contributed by atoms with E-state index in [-0.39, 0.29) is 95.1 Å². The molecule has 2 nitrogen and oxygen atoms in total. The van der Waals surface area contributed by atoms with E-state index in [1.54, 1.807) is 0 Å². The fourth-order valence-corrected chi connectivity index (χ4v) is 1.29. The molecule has 0 aliphatic rings. The summed E-state index contributed by atoms with van der Waals surface area (Å²) in [5.74, 6) is 0. The minimum atomic E-state index is 0. The molecule has 0 aromatic heterocycles. The minimum absolute atomic E-state index is 0. The zero-order valence-electron chi connectivity index (χ0n) is 16.5. The van der Waals surface area contributed by atoms with E-state index in [2.05, 4.69) is 0 Å². The van der Waals surface area contributed by atoms with Gasteiger partial charge in [0.2, 0.25) is 0 Å². The number of hydrogen-bond acceptors (Lipinski definition) is 2. The Morgan fingerprint density at radius 2 is 0.500 bits per heavy atom. The Kier molecular flexibility index (Phi) is 45.2. The van der Waals surface area contributed by atoms with Crippen LogP contribution in [0.3, 0.4) is 0 Å². The van der Waals surface area contributed by atoms with Crippen molar-refractivity contribution in [1.82, 2.24) is 0 Å². The van der Waals surface area contributed by atoms with E-state index in [4.69, 9.17) is 11.5 Å². The van der Waals surface area contributed by atoms with Gasteiger partial charge in [0.25, 0.3) is 0 Å². The van der Waals surface area contributed by atoms with Crippen molar-refractivity contribution in [1.29, 1.82) is 0 Å². The number of benzene rings is 3. The van der Waals surface area contributed by atoms with Crippen LogP contribution in [0.25, 0.3) is 0 Å². The Hall–Kier alpha value is -0.532. The van der Waals surface area contributed by atoms with E-state index in [0.717, 1.165) is 11.4 Å². The molecule has 0 heterocycles. The molecule has 0 atom stereocenters. The van der Waals surface area contributed by atoms with Crippen LogP contribution in [0.5, 0.6) is 0 Å². The molecule has 4 heteroatoms. The summed E-state index contributed by atoms with van der Waals surface area (Å²) in [6.45, 7) is 0. The summed E-state index contributed by atoms with van der Waals surface area (Å²) in [7, 11) is 0.